The topological polar surface area (TPSA) is 69.8 Å². The van der Waals surface area contributed by atoms with Crippen molar-refractivity contribution in [2.24, 2.45) is 0 Å². The van der Waals surface area contributed by atoms with E-state index < -0.39 is 0 Å². The largest absolute Gasteiger partial charge is 0.326 e. The maximum atomic E-state index is 12.4. The Morgan fingerprint density at radius 1 is 0.962 bits per heavy atom. The van der Waals surface area contributed by atoms with E-state index in [0.29, 0.717) is 11.5 Å². The van der Waals surface area contributed by atoms with Crippen molar-refractivity contribution < 1.29 is 4.79 Å². The first-order valence-electron chi connectivity index (χ1n) is 8.38. The van der Waals surface area contributed by atoms with Crippen LogP contribution >= 0.6 is 0 Å². The molecule has 4 rings (SSSR count). The number of carbonyl (C=O) groups excluding carboxylic acids is 1. The lowest BCUT2D eigenvalue weighted by atomic mass is 10.2. The summed E-state index contributed by atoms with van der Waals surface area (Å²) in [6.07, 6.45) is 0. The summed E-state index contributed by atoms with van der Waals surface area (Å²) in [5.74, 6) is 0.496. The number of aryl methyl sites for hydroxylation is 1. The average Bonchev–Trinajstić information content (AvgIpc) is 3.06. The number of nitrogens with zero attached hydrogens (tertiary/aromatic N) is 1. The lowest BCUT2D eigenvalue weighted by Crippen LogP contribution is -2.11. The molecule has 3 aromatic carbocycles. The molecule has 0 aliphatic heterocycles. The second-order valence-corrected chi connectivity index (χ2v) is 6.08. The van der Waals surface area contributed by atoms with Crippen molar-refractivity contribution in [3.05, 3.63) is 83.9 Å². The van der Waals surface area contributed by atoms with E-state index in [4.69, 9.17) is 0 Å². The zero-order chi connectivity index (χ0) is 17.9. The predicted octanol–water partition coefficient (Wildman–Crippen LogP) is 4.87. The van der Waals surface area contributed by atoms with Crippen molar-refractivity contribution in [2.45, 2.75) is 6.92 Å². The monoisotopic (exact) mass is 342 g/mol. The molecule has 1 aromatic heterocycles. The number of hydrogen-bond acceptors (Lipinski definition) is 3. The molecule has 3 N–H and O–H groups in total. The normalized spacial score (nSPS) is 10.7. The Kier molecular flexibility index (Phi) is 4.11. The molecule has 0 aliphatic carbocycles. The van der Waals surface area contributed by atoms with Crippen molar-refractivity contribution in [1.29, 1.82) is 0 Å². The maximum Gasteiger partial charge on any atom is 0.255 e. The summed E-state index contributed by atoms with van der Waals surface area (Å²) in [4.78, 5) is 20.2. The predicted molar refractivity (Wildman–Crippen MR) is 105 cm³/mol. The summed E-state index contributed by atoms with van der Waals surface area (Å²) in [5.41, 5.74) is 5.08. The minimum atomic E-state index is -0.152. The molecule has 0 saturated heterocycles. The summed E-state index contributed by atoms with van der Waals surface area (Å²) in [7, 11) is 0. The Morgan fingerprint density at radius 2 is 1.73 bits per heavy atom. The first-order chi connectivity index (χ1) is 12.7. The number of H-pyrrole nitrogens is 1. The minimum absolute atomic E-state index is 0.152. The molecule has 1 amide bonds. The van der Waals surface area contributed by atoms with Gasteiger partial charge in [-0.05, 0) is 48.9 Å². The Bertz CT molecular complexity index is 1070. The number of hydrogen-bond donors (Lipinski definition) is 3. The van der Waals surface area contributed by atoms with Gasteiger partial charge < -0.3 is 15.6 Å². The van der Waals surface area contributed by atoms with Crippen LogP contribution in [-0.2, 0) is 0 Å². The number of carbonyl (C=O) groups is 1. The van der Waals surface area contributed by atoms with Crippen LogP contribution in [-0.4, -0.2) is 15.9 Å². The lowest BCUT2D eigenvalue weighted by molar-refractivity contribution is 0.102. The van der Waals surface area contributed by atoms with Gasteiger partial charge >= 0.3 is 0 Å². The molecule has 0 unspecified atom stereocenters. The summed E-state index contributed by atoms with van der Waals surface area (Å²) < 4.78 is 0. The quantitative estimate of drug-likeness (QED) is 0.496. The molecule has 128 valence electrons. The maximum absolute atomic E-state index is 12.4. The molecule has 5 heteroatoms. The zero-order valence-corrected chi connectivity index (χ0v) is 14.3. The van der Waals surface area contributed by atoms with Gasteiger partial charge in [0.05, 0.1) is 11.0 Å². The number of aromatic amines is 1. The van der Waals surface area contributed by atoms with E-state index >= 15 is 0 Å². The van der Waals surface area contributed by atoms with Crippen LogP contribution in [0.3, 0.4) is 0 Å². The molecule has 0 atom stereocenters. The number of benzene rings is 3. The number of imidazole rings is 1. The Balaban J connectivity index is 1.58. The highest BCUT2D eigenvalue weighted by atomic mass is 16.1. The van der Waals surface area contributed by atoms with Crippen molar-refractivity contribution in [3.8, 4) is 0 Å². The van der Waals surface area contributed by atoms with Gasteiger partial charge in [-0.25, -0.2) is 4.98 Å². The van der Waals surface area contributed by atoms with Crippen LogP contribution in [0.4, 0.5) is 17.3 Å². The second kappa shape index (κ2) is 6.72. The molecule has 0 aliphatic rings. The average molecular weight is 342 g/mol. The number of aromatic nitrogens is 2. The highest BCUT2D eigenvalue weighted by Gasteiger charge is 2.10. The van der Waals surface area contributed by atoms with Crippen LogP contribution in [0.2, 0.25) is 0 Å². The molecule has 26 heavy (non-hydrogen) atoms. The van der Waals surface area contributed by atoms with Gasteiger partial charge in [-0.15, -0.1) is 0 Å². The molecule has 0 spiro atoms. The molecule has 0 saturated carbocycles. The second-order valence-electron chi connectivity index (χ2n) is 6.08. The van der Waals surface area contributed by atoms with E-state index in [-0.39, 0.29) is 5.91 Å². The highest BCUT2D eigenvalue weighted by Crippen LogP contribution is 2.22. The zero-order valence-electron chi connectivity index (χ0n) is 14.3. The van der Waals surface area contributed by atoms with Crippen molar-refractivity contribution in [3.63, 3.8) is 0 Å². The van der Waals surface area contributed by atoms with E-state index in [2.05, 4.69) is 20.6 Å². The summed E-state index contributed by atoms with van der Waals surface area (Å²) in [6, 6.07) is 22.8. The number of amides is 1. The van der Waals surface area contributed by atoms with Gasteiger partial charge in [0.2, 0.25) is 5.95 Å². The lowest BCUT2D eigenvalue weighted by Gasteiger charge is -2.05. The molecule has 0 radical (unpaired) electrons. The SMILES string of the molecule is Cc1ccccc1Nc1nc2ccc(C(=O)Nc3ccccc3)cc2[nH]1. The van der Waals surface area contributed by atoms with Gasteiger partial charge in [-0.1, -0.05) is 36.4 Å². The summed E-state index contributed by atoms with van der Waals surface area (Å²) in [5, 5.41) is 6.17. The van der Waals surface area contributed by atoms with Crippen LogP contribution in [0, 0.1) is 6.92 Å². The van der Waals surface area contributed by atoms with E-state index in [0.717, 1.165) is 28.0 Å². The van der Waals surface area contributed by atoms with Crippen molar-refractivity contribution in [1.82, 2.24) is 9.97 Å². The minimum Gasteiger partial charge on any atom is -0.326 e. The van der Waals surface area contributed by atoms with E-state index in [1.54, 1.807) is 6.07 Å². The van der Waals surface area contributed by atoms with Gasteiger partial charge in [0.15, 0.2) is 0 Å². The number of fused-ring (bicyclic) bond motifs is 1. The first-order valence-corrected chi connectivity index (χ1v) is 8.38. The first kappa shape index (κ1) is 15.9. The number of nitrogens with one attached hydrogen (secondary N) is 3. The standard InChI is InChI=1S/C21H18N4O/c1-14-7-5-6-10-17(14)23-21-24-18-12-11-15(13-19(18)25-21)20(26)22-16-8-3-2-4-9-16/h2-13H,1H3,(H,22,26)(H2,23,24,25). The summed E-state index contributed by atoms with van der Waals surface area (Å²) >= 11 is 0. The summed E-state index contributed by atoms with van der Waals surface area (Å²) in [6.45, 7) is 2.04. The smallest absolute Gasteiger partial charge is 0.255 e. The number of anilines is 3. The highest BCUT2D eigenvalue weighted by molar-refractivity contribution is 6.06. The molecule has 0 bridgehead atoms. The molecule has 4 aromatic rings. The van der Waals surface area contributed by atoms with Gasteiger partial charge in [-0.3, -0.25) is 4.79 Å². The molecular weight excluding hydrogens is 324 g/mol. The van der Waals surface area contributed by atoms with Crippen molar-refractivity contribution >= 4 is 34.3 Å². The molecule has 0 fully saturated rings. The Morgan fingerprint density at radius 3 is 2.54 bits per heavy atom. The van der Waals surface area contributed by atoms with Gasteiger partial charge in [-0.2, -0.15) is 0 Å². The van der Waals surface area contributed by atoms with Gasteiger partial charge in [0, 0.05) is 16.9 Å². The third-order valence-corrected chi connectivity index (χ3v) is 4.17. The number of para-hydroxylation sites is 2. The Labute approximate surface area is 151 Å². The van der Waals surface area contributed by atoms with Crippen molar-refractivity contribution in [2.75, 3.05) is 10.6 Å². The third kappa shape index (κ3) is 3.28. The van der Waals surface area contributed by atoms with Crippen LogP contribution < -0.4 is 10.6 Å². The molecular formula is C21H18N4O. The fourth-order valence-corrected chi connectivity index (χ4v) is 2.78. The Hall–Kier alpha value is -3.60. The van der Waals surface area contributed by atoms with E-state index in [1.165, 1.54) is 0 Å². The van der Waals surface area contributed by atoms with Crippen LogP contribution in [0.15, 0.2) is 72.8 Å². The van der Waals surface area contributed by atoms with Crippen LogP contribution in [0.1, 0.15) is 15.9 Å². The van der Waals surface area contributed by atoms with Crippen LogP contribution in [0.25, 0.3) is 11.0 Å². The fourth-order valence-electron chi connectivity index (χ4n) is 2.78. The van der Waals surface area contributed by atoms with E-state index in [1.807, 2.05) is 73.7 Å². The number of rotatable bonds is 4. The fraction of sp³-hybridized carbons (Fsp3) is 0.0476. The van der Waals surface area contributed by atoms with Gasteiger partial charge in [0.25, 0.3) is 5.91 Å². The van der Waals surface area contributed by atoms with E-state index in [9.17, 15) is 4.79 Å². The molecule has 1 heterocycles. The third-order valence-electron chi connectivity index (χ3n) is 4.17. The van der Waals surface area contributed by atoms with Gasteiger partial charge in [0.1, 0.15) is 0 Å². The van der Waals surface area contributed by atoms with Crippen LogP contribution in [0.5, 0.6) is 0 Å². The molecule has 5 nitrogen and oxygen atoms in total.